The van der Waals surface area contributed by atoms with Crippen LogP contribution in [0.4, 0.5) is 0 Å². The van der Waals surface area contributed by atoms with Crippen LogP contribution in [0.15, 0.2) is 30.3 Å². The van der Waals surface area contributed by atoms with Gasteiger partial charge >= 0.3 is 5.97 Å². The Morgan fingerprint density at radius 2 is 1.74 bits per heavy atom. The fourth-order valence-corrected chi connectivity index (χ4v) is 1.53. The third-order valence-electron chi connectivity index (χ3n) is 2.68. The van der Waals surface area contributed by atoms with Gasteiger partial charge in [-0.25, -0.2) is 0 Å². The standard InChI is InChI=1S/C14H17NO4/c1-15(10-14(18)19-2)13(17)9-8-12(16)11-6-4-3-5-7-11/h3-7H,8-10H2,1-2H3. The van der Waals surface area contributed by atoms with Crippen LogP contribution in [0, 0.1) is 0 Å². The van der Waals surface area contributed by atoms with Crippen LogP contribution in [0.25, 0.3) is 0 Å². The molecule has 19 heavy (non-hydrogen) atoms. The normalized spacial score (nSPS) is 9.79. The molecule has 1 aromatic carbocycles. The van der Waals surface area contributed by atoms with E-state index in [9.17, 15) is 14.4 Å². The minimum atomic E-state index is -0.481. The van der Waals surface area contributed by atoms with E-state index in [-0.39, 0.29) is 31.1 Å². The molecule has 0 saturated carbocycles. The van der Waals surface area contributed by atoms with E-state index < -0.39 is 5.97 Å². The third kappa shape index (κ3) is 4.91. The van der Waals surface area contributed by atoms with Crippen molar-refractivity contribution in [2.75, 3.05) is 20.7 Å². The number of Topliss-reactive ketones (excluding diaryl/α,β-unsaturated/α-hetero) is 1. The summed E-state index contributed by atoms with van der Waals surface area (Å²) in [5, 5.41) is 0. The van der Waals surface area contributed by atoms with Gasteiger partial charge in [-0.3, -0.25) is 14.4 Å². The molecule has 0 aliphatic heterocycles. The lowest BCUT2D eigenvalue weighted by atomic mass is 10.1. The number of likely N-dealkylation sites (N-methyl/N-ethyl adjacent to an activating group) is 1. The Balaban J connectivity index is 2.42. The Bertz CT molecular complexity index is 456. The van der Waals surface area contributed by atoms with Gasteiger partial charge in [0.1, 0.15) is 6.54 Å². The van der Waals surface area contributed by atoms with Crippen LogP contribution in [0.1, 0.15) is 23.2 Å². The molecule has 0 saturated heterocycles. The summed E-state index contributed by atoms with van der Waals surface area (Å²) >= 11 is 0. The lowest BCUT2D eigenvalue weighted by Gasteiger charge is -2.15. The highest BCUT2D eigenvalue weighted by atomic mass is 16.5. The Kier molecular flexibility index (Phi) is 5.73. The Labute approximate surface area is 112 Å². The molecule has 1 rings (SSSR count). The number of ketones is 1. The fourth-order valence-electron chi connectivity index (χ4n) is 1.53. The Morgan fingerprint density at radius 1 is 1.11 bits per heavy atom. The van der Waals surface area contributed by atoms with E-state index in [0.717, 1.165) is 0 Å². The molecule has 5 nitrogen and oxygen atoms in total. The molecule has 1 amide bonds. The second-order valence-electron chi connectivity index (χ2n) is 4.12. The topological polar surface area (TPSA) is 63.7 Å². The number of hydrogen-bond donors (Lipinski definition) is 0. The van der Waals surface area contributed by atoms with Gasteiger partial charge < -0.3 is 9.64 Å². The first kappa shape index (κ1) is 14.9. The van der Waals surface area contributed by atoms with Crippen molar-refractivity contribution in [1.29, 1.82) is 0 Å². The Morgan fingerprint density at radius 3 is 2.32 bits per heavy atom. The van der Waals surface area contributed by atoms with Gasteiger partial charge in [0.05, 0.1) is 7.11 Å². The molecule has 5 heteroatoms. The van der Waals surface area contributed by atoms with Crippen LogP contribution in [-0.4, -0.2) is 43.3 Å². The Hall–Kier alpha value is -2.17. The molecular weight excluding hydrogens is 246 g/mol. The average Bonchev–Trinajstić information content (AvgIpc) is 2.44. The molecular formula is C14H17NO4. The van der Waals surface area contributed by atoms with Crippen LogP contribution >= 0.6 is 0 Å². The molecule has 1 aromatic rings. The molecule has 0 atom stereocenters. The molecule has 0 aliphatic carbocycles. The van der Waals surface area contributed by atoms with E-state index in [0.29, 0.717) is 5.56 Å². The number of hydrogen-bond acceptors (Lipinski definition) is 4. The van der Waals surface area contributed by atoms with Crippen LogP contribution < -0.4 is 0 Å². The molecule has 0 aliphatic rings. The molecule has 0 aromatic heterocycles. The monoisotopic (exact) mass is 263 g/mol. The number of rotatable bonds is 6. The fraction of sp³-hybridized carbons (Fsp3) is 0.357. The van der Waals surface area contributed by atoms with E-state index in [2.05, 4.69) is 4.74 Å². The zero-order valence-corrected chi connectivity index (χ0v) is 11.1. The van der Waals surface area contributed by atoms with Crippen molar-refractivity contribution in [3.63, 3.8) is 0 Å². The van der Waals surface area contributed by atoms with Crippen molar-refractivity contribution in [3.05, 3.63) is 35.9 Å². The summed E-state index contributed by atoms with van der Waals surface area (Å²) in [5.74, 6) is -0.819. The third-order valence-corrected chi connectivity index (χ3v) is 2.68. The lowest BCUT2D eigenvalue weighted by Crippen LogP contribution is -2.32. The highest BCUT2D eigenvalue weighted by Crippen LogP contribution is 2.06. The second-order valence-corrected chi connectivity index (χ2v) is 4.12. The SMILES string of the molecule is COC(=O)CN(C)C(=O)CCC(=O)c1ccccc1. The summed E-state index contributed by atoms with van der Waals surface area (Å²) in [7, 11) is 2.77. The first-order valence-electron chi connectivity index (χ1n) is 5.93. The van der Waals surface area contributed by atoms with Crippen molar-refractivity contribution < 1.29 is 19.1 Å². The highest BCUT2D eigenvalue weighted by molar-refractivity contribution is 5.98. The molecule has 0 N–H and O–H groups in total. The molecule has 0 radical (unpaired) electrons. The maximum absolute atomic E-state index is 11.8. The number of methoxy groups -OCH3 is 1. The minimum Gasteiger partial charge on any atom is -0.468 e. The van der Waals surface area contributed by atoms with Crippen molar-refractivity contribution in [2.45, 2.75) is 12.8 Å². The van der Waals surface area contributed by atoms with Crippen LogP contribution in [0.3, 0.4) is 0 Å². The first-order chi connectivity index (χ1) is 9.04. The smallest absolute Gasteiger partial charge is 0.325 e. The van der Waals surface area contributed by atoms with Gasteiger partial charge in [0.25, 0.3) is 0 Å². The van der Waals surface area contributed by atoms with E-state index in [4.69, 9.17) is 0 Å². The molecule has 0 bridgehead atoms. The van der Waals surface area contributed by atoms with Gasteiger partial charge in [0.15, 0.2) is 5.78 Å². The van der Waals surface area contributed by atoms with E-state index in [1.54, 1.807) is 24.3 Å². The molecule has 0 fully saturated rings. The van der Waals surface area contributed by atoms with Crippen LogP contribution in [0.2, 0.25) is 0 Å². The van der Waals surface area contributed by atoms with Gasteiger partial charge in [0.2, 0.25) is 5.91 Å². The van der Waals surface area contributed by atoms with Crippen LogP contribution in [0.5, 0.6) is 0 Å². The number of benzene rings is 1. The van der Waals surface area contributed by atoms with Gasteiger partial charge in [-0.05, 0) is 0 Å². The van der Waals surface area contributed by atoms with Gasteiger partial charge in [0, 0.05) is 25.5 Å². The number of carbonyl (C=O) groups excluding carboxylic acids is 3. The second kappa shape index (κ2) is 7.31. The maximum atomic E-state index is 11.8. The number of amides is 1. The zero-order chi connectivity index (χ0) is 14.3. The molecule has 0 unspecified atom stereocenters. The summed E-state index contributed by atoms with van der Waals surface area (Å²) in [6.07, 6.45) is 0.218. The summed E-state index contributed by atoms with van der Waals surface area (Å²) in [5.41, 5.74) is 0.589. The van der Waals surface area contributed by atoms with Gasteiger partial charge in [-0.1, -0.05) is 30.3 Å². The quantitative estimate of drug-likeness (QED) is 0.573. The molecule has 0 heterocycles. The average molecular weight is 263 g/mol. The molecule has 102 valence electrons. The summed E-state index contributed by atoms with van der Waals surface area (Å²) < 4.78 is 4.47. The number of nitrogens with zero attached hydrogens (tertiary/aromatic N) is 1. The summed E-state index contributed by atoms with van der Waals surface area (Å²) in [6.45, 7) is -0.102. The van der Waals surface area contributed by atoms with E-state index in [1.807, 2.05) is 6.07 Å². The van der Waals surface area contributed by atoms with Crippen molar-refractivity contribution in [2.24, 2.45) is 0 Å². The summed E-state index contributed by atoms with van der Waals surface area (Å²) in [6, 6.07) is 8.80. The predicted octanol–water partition coefficient (Wildman–Crippen LogP) is 1.28. The van der Waals surface area contributed by atoms with Crippen molar-refractivity contribution >= 4 is 17.7 Å². The van der Waals surface area contributed by atoms with Gasteiger partial charge in [-0.15, -0.1) is 0 Å². The molecule has 0 spiro atoms. The lowest BCUT2D eigenvalue weighted by molar-refractivity contribution is -0.146. The van der Waals surface area contributed by atoms with E-state index in [1.165, 1.54) is 19.1 Å². The zero-order valence-electron chi connectivity index (χ0n) is 11.1. The van der Waals surface area contributed by atoms with E-state index >= 15 is 0 Å². The predicted molar refractivity (Wildman–Crippen MR) is 69.7 cm³/mol. The van der Waals surface area contributed by atoms with Gasteiger partial charge in [-0.2, -0.15) is 0 Å². The number of carbonyl (C=O) groups is 3. The first-order valence-corrected chi connectivity index (χ1v) is 5.93. The largest absolute Gasteiger partial charge is 0.468 e. The number of esters is 1. The van der Waals surface area contributed by atoms with Crippen molar-refractivity contribution in [1.82, 2.24) is 4.90 Å². The van der Waals surface area contributed by atoms with Crippen LogP contribution in [-0.2, 0) is 14.3 Å². The highest BCUT2D eigenvalue weighted by Gasteiger charge is 2.15. The summed E-state index contributed by atoms with van der Waals surface area (Å²) in [4.78, 5) is 35.7. The van der Waals surface area contributed by atoms with Crippen molar-refractivity contribution in [3.8, 4) is 0 Å². The minimum absolute atomic E-state index is 0.0829. The maximum Gasteiger partial charge on any atom is 0.325 e. The number of ether oxygens (including phenoxy) is 1.